The molecule has 1 heterocycles. The number of hydrogen-bond acceptors (Lipinski definition) is 4. The molecule has 72 valence electrons. The van der Waals surface area contributed by atoms with Crippen LogP contribution in [-0.4, -0.2) is 16.5 Å². The van der Waals surface area contributed by atoms with Crippen molar-refractivity contribution in [3.05, 3.63) is 23.5 Å². The highest BCUT2D eigenvalue weighted by Crippen LogP contribution is 2.36. The van der Waals surface area contributed by atoms with Crippen LogP contribution in [0.2, 0.25) is 5.15 Å². The van der Waals surface area contributed by atoms with Gasteiger partial charge in [-0.2, -0.15) is 4.62 Å². The Morgan fingerprint density at radius 2 is 2.38 bits per heavy atom. The van der Waals surface area contributed by atoms with Crippen molar-refractivity contribution in [2.75, 3.05) is 12.1 Å². The molecule has 1 aromatic rings. The molecule has 1 aromatic heterocycles. The summed E-state index contributed by atoms with van der Waals surface area (Å²) in [6.45, 7) is 1.07. The molecule has 0 aliphatic rings. The summed E-state index contributed by atoms with van der Waals surface area (Å²) in [7, 11) is -3.51. The lowest BCUT2D eigenvalue weighted by atomic mass is 10.4. The van der Waals surface area contributed by atoms with Crippen LogP contribution in [0.3, 0.4) is 0 Å². The van der Waals surface area contributed by atoms with E-state index in [1.807, 2.05) is 0 Å². The zero-order valence-corrected chi connectivity index (χ0v) is 8.42. The average molecular weight is 223 g/mol. The molecule has 0 amide bonds. The van der Waals surface area contributed by atoms with E-state index in [1.165, 1.54) is 12.3 Å². The number of halogens is 1. The summed E-state index contributed by atoms with van der Waals surface area (Å²) in [5, 5.41) is 0.342. The van der Waals surface area contributed by atoms with Crippen molar-refractivity contribution in [3.8, 4) is 0 Å². The van der Waals surface area contributed by atoms with Crippen LogP contribution in [0.5, 0.6) is 0 Å². The zero-order valence-electron chi connectivity index (χ0n) is 6.77. The van der Waals surface area contributed by atoms with Crippen molar-refractivity contribution in [1.82, 2.24) is 4.98 Å². The fourth-order valence-corrected chi connectivity index (χ4v) is 0.960. The highest BCUT2D eigenvalue weighted by molar-refractivity contribution is 7.51. The van der Waals surface area contributed by atoms with E-state index in [0.717, 1.165) is 6.66 Å². The molecule has 1 rings (SSSR count). The lowest BCUT2D eigenvalue weighted by Crippen LogP contribution is -1.98. The highest BCUT2D eigenvalue weighted by atomic mass is 35.5. The van der Waals surface area contributed by atoms with Crippen LogP contribution in [-0.2, 0) is 9.19 Å². The molecule has 0 aliphatic heterocycles. The summed E-state index contributed by atoms with van der Waals surface area (Å²) in [6.07, 6.45) is 1.39. The smallest absolute Gasteiger partial charge is 0.323 e. The molecule has 0 fully saturated rings. The maximum Gasteiger partial charge on any atom is 0.346 e. The molecule has 0 radical (unpaired) electrons. The Kier molecular flexibility index (Phi) is 3.27. The van der Waals surface area contributed by atoms with Gasteiger partial charge in [-0.3, -0.25) is 10.0 Å². The molecule has 7 heteroatoms. The SMILES string of the molecule is CP(=O)(O)ONc1ccc(Cl)nc1. The molecule has 0 aromatic carbocycles. The van der Waals surface area contributed by atoms with Gasteiger partial charge in [0.2, 0.25) is 0 Å². The van der Waals surface area contributed by atoms with Gasteiger partial charge >= 0.3 is 7.60 Å². The van der Waals surface area contributed by atoms with Crippen LogP contribution < -0.4 is 5.48 Å². The minimum Gasteiger partial charge on any atom is -0.323 e. The van der Waals surface area contributed by atoms with Crippen molar-refractivity contribution >= 4 is 24.9 Å². The van der Waals surface area contributed by atoms with Gasteiger partial charge in [0.25, 0.3) is 0 Å². The Bertz CT molecular complexity index is 323. The second kappa shape index (κ2) is 4.07. The summed E-state index contributed by atoms with van der Waals surface area (Å²) < 4.78 is 15.1. The first-order valence-electron chi connectivity index (χ1n) is 3.34. The van der Waals surface area contributed by atoms with Gasteiger partial charge in [-0.25, -0.2) is 4.98 Å². The predicted molar refractivity (Wildman–Crippen MR) is 49.7 cm³/mol. The van der Waals surface area contributed by atoms with Crippen molar-refractivity contribution in [2.24, 2.45) is 0 Å². The van der Waals surface area contributed by atoms with E-state index in [-0.39, 0.29) is 0 Å². The molecule has 1 unspecified atom stereocenters. The maximum absolute atomic E-state index is 10.7. The summed E-state index contributed by atoms with van der Waals surface area (Å²) in [6, 6.07) is 3.11. The fourth-order valence-electron chi connectivity index (χ4n) is 0.574. The number of aromatic nitrogens is 1. The van der Waals surface area contributed by atoms with Gasteiger partial charge in [-0.05, 0) is 12.1 Å². The number of pyridine rings is 1. The molecule has 0 spiro atoms. The van der Waals surface area contributed by atoms with E-state index < -0.39 is 7.60 Å². The summed E-state index contributed by atoms with van der Waals surface area (Å²) >= 11 is 5.52. The van der Waals surface area contributed by atoms with Crippen molar-refractivity contribution in [3.63, 3.8) is 0 Å². The first-order chi connectivity index (χ1) is 5.97. The number of nitrogens with zero attached hydrogens (tertiary/aromatic N) is 1. The van der Waals surface area contributed by atoms with E-state index in [9.17, 15) is 4.57 Å². The Morgan fingerprint density at radius 3 is 2.85 bits per heavy atom. The van der Waals surface area contributed by atoms with E-state index in [2.05, 4.69) is 15.1 Å². The van der Waals surface area contributed by atoms with Gasteiger partial charge in [0, 0.05) is 6.66 Å². The molecule has 1 atom stereocenters. The standard InChI is InChI=1S/C6H8ClN2O3P/c1-13(10,11)12-9-5-2-3-6(7)8-4-5/h2-4,9H,1H3,(H,10,11). The van der Waals surface area contributed by atoms with Crippen LogP contribution in [0.1, 0.15) is 0 Å². The van der Waals surface area contributed by atoms with Gasteiger partial charge in [0.1, 0.15) is 5.15 Å². The van der Waals surface area contributed by atoms with Crippen molar-refractivity contribution in [1.29, 1.82) is 0 Å². The molecule has 0 saturated heterocycles. The Hall–Kier alpha value is -0.610. The third-order valence-corrected chi connectivity index (χ3v) is 1.71. The van der Waals surface area contributed by atoms with Crippen LogP contribution in [0.25, 0.3) is 0 Å². The van der Waals surface area contributed by atoms with Crippen LogP contribution in [0, 0.1) is 0 Å². The second-order valence-electron chi connectivity index (χ2n) is 2.37. The summed E-state index contributed by atoms with van der Waals surface area (Å²) in [5.74, 6) is 0. The lowest BCUT2D eigenvalue weighted by Gasteiger charge is -2.07. The van der Waals surface area contributed by atoms with Crippen LogP contribution >= 0.6 is 19.2 Å². The minimum atomic E-state index is -3.51. The average Bonchev–Trinajstić information content (AvgIpc) is 2.02. The van der Waals surface area contributed by atoms with E-state index in [4.69, 9.17) is 16.5 Å². The number of rotatable bonds is 3. The number of hydrogen-bond donors (Lipinski definition) is 2. The molecular weight excluding hydrogens is 215 g/mol. The van der Waals surface area contributed by atoms with Gasteiger partial charge in [0.05, 0.1) is 11.9 Å². The number of nitrogens with one attached hydrogen (secondary N) is 1. The molecule has 0 saturated carbocycles. The van der Waals surface area contributed by atoms with Gasteiger partial charge < -0.3 is 4.89 Å². The number of anilines is 1. The summed E-state index contributed by atoms with van der Waals surface area (Å²) in [5.41, 5.74) is 2.74. The maximum atomic E-state index is 10.7. The van der Waals surface area contributed by atoms with E-state index in [0.29, 0.717) is 10.8 Å². The normalized spacial score (nSPS) is 15.0. The van der Waals surface area contributed by atoms with Crippen LogP contribution in [0.4, 0.5) is 5.69 Å². The molecule has 0 bridgehead atoms. The first-order valence-corrected chi connectivity index (χ1v) is 5.74. The Labute approximate surface area is 80.2 Å². The third kappa shape index (κ3) is 4.24. The quantitative estimate of drug-likeness (QED) is 0.464. The summed E-state index contributed by atoms with van der Waals surface area (Å²) in [4.78, 5) is 12.5. The zero-order chi connectivity index (χ0) is 9.90. The molecule has 2 N–H and O–H groups in total. The van der Waals surface area contributed by atoms with E-state index >= 15 is 0 Å². The van der Waals surface area contributed by atoms with Crippen LogP contribution in [0.15, 0.2) is 18.3 Å². The van der Waals surface area contributed by atoms with Crippen molar-refractivity contribution in [2.45, 2.75) is 0 Å². The van der Waals surface area contributed by atoms with Gasteiger partial charge in [0.15, 0.2) is 0 Å². The Balaban J connectivity index is 2.56. The fraction of sp³-hybridized carbons (Fsp3) is 0.167. The lowest BCUT2D eigenvalue weighted by molar-refractivity contribution is 0.318. The van der Waals surface area contributed by atoms with E-state index in [1.54, 1.807) is 6.07 Å². The third-order valence-electron chi connectivity index (χ3n) is 1.06. The van der Waals surface area contributed by atoms with Gasteiger partial charge in [-0.15, -0.1) is 0 Å². The monoisotopic (exact) mass is 222 g/mol. The minimum absolute atomic E-state index is 0.342. The molecule has 13 heavy (non-hydrogen) atoms. The predicted octanol–water partition coefficient (Wildman–Crippen LogP) is 1.89. The highest BCUT2D eigenvalue weighted by Gasteiger charge is 2.09. The van der Waals surface area contributed by atoms with Crippen molar-refractivity contribution < 1.29 is 14.1 Å². The first kappa shape index (κ1) is 10.5. The van der Waals surface area contributed by atoms with Gasteiger partial charge in [-0.1, -0.05) is 11.6 Å². The topological polar surface area (TPSA) is 71.5 Å². The second-order valence-corrected chi connectivity index (χ2v) is 4.54. The Morgan fingerprint density at radius 1 is 1.69 bits per heavy atom. The largest absolute Gasteiger partial charge is 0.346 e. The molecular formula is C6H8ClN2O3P. The molecule has 5 nitrogen and oxygen atoms in total. The molecule has 0 aliphatic carbocycles.